The topological polar surface area (TPSA) is 149 Å². The van der Waals surface area contributed by atoms with Gasteiger partial charge in [-0.1, -0.05) is 129 Å². The summed E-state index contributed by atoms with van der Waals surface area (Å²) in [6.45, 7) is 5.17. The zero-order chi connectivity index (χ0) is 34.5. The maximum atomic E-state index is 12.9. The fraction of sp³-hybridized carbons (Fsp3) is 0.941. The van der Waals surface area contributed by atoms with Crippen molar-refractivity contribution >= 4 is 32.1 Å². The molecular weight excluding hydrogens is 629 g/mol. The smallest absolute Gasteiger partial charge is 0.266 e. The highest BCUT2D eigenvalue weighted by molar-refractivity contribution is 7.86. The van der Waals surface area contributed by atoms with Crippen molar-refractivity contribution in [3.8, 4) is 0 Å². The Morgan fingerprint density at radius 2 is 0.674 bits per heavy atom. The van der Waals surface area contributed by atoms with Crippen LogP contribution in [0.4, 0.5) is 0 Å². The van der Waals surface area contributed by atoms with Crippen molar-refractivity contribution in [2.75, 3.05) is 37.7 Å². The van der Waals surface area contributed by atoms with E-state index in [9.17, 15) is 35.5 Å². The van der Waals surface area contributed by atoms with Crippen LogP contribution in [0.15, 0.2) is 0 Å². The molecule has 0 aromatic carbocycles. The van der Waals surface area contributed by atoms with E-state index in [2.05, 4.69) is 13.8 Å². The van der Waals surface area contributed by atoms with Crippen LogP contribution in [0.1, 0.15) is 168 Å². The fourth-order valence-corrected chi connectivity index (χ4v) is 6.52. The zero-order valence-corrected chi connectivity index (χ0v) is 30.9. The van der Waals surface area contributed by atoms with Crippen LogP contribution < -0.4 is 0 Å². The summed E-state index contributed by atoms with van der Waals surface area (Å²) >= 11 is 0. The first-order valence-corrected chi connectivity index (χ1v) is 21.6. The van der Waals surface area contributed by atoms with Crippen LogP contribution in [-0.2, 0) is 29.8 Å². The minimum Gasteiger partial charge on any atom is -0.342 e. The van der Waals surface area contributed by atoms with E-state index in [0.29, 0.717) is 25.9 Å². The Balaban J connectivity index is 4.57. The second-order valence-corrected chi connectivity index (χ2v) is 16.0. The number of hydrogen-bond acceptors (Lipinski definition) is 6. The molecule has 0 bridgehead atoms. The lowest BCUT2D eigenvalue weighted by atomic mass is 10.1. The Kier molecular flexibility index (Phi) is 28.0. The van der Waals surface area contributed by atoms with Gasteiger partial charge in [0, 0.05) is 39.0 Å². The molecule has 274 valence electrons. The van der Waals surface area contributed by atoms with Crippen molar-refractivity contribution in [3.63, 3.8) is 0 Å². The molecule has 0 aromatic heterocycles. The van der Waals surface area contributed by atoms with E-state index in [0.717, 1.165) is 51.4 Å². The summed E-state index contributed by atoms with van der Waals surface area (Å²) in [6, 6.07) is 0. The third kappa shape index (κ3) is 30.1. The van der Waals surface area contributed by atoms with Crippen LogP contribution in [0.25, 0.3) is 0 Å². The quantitative estimate of drug-likeness (QED) is 0.0521. The monoisotopic (exact) mass is 696 g/mol. The van der Waals surface area contributed by atoms with Crippen LogP contribution in [0.5, 0.6) is 0 Å². The Bertz CT molecular complexity index is 896. The van der Waals surface area contributed by atoms with Crippen LogP contribution in [-0.4, -0.2) is 85.2 Å². The van der Waals surface area contributed by atoms with E-state index in [1.807, 2.05) is 0 Å². The number of carbonyl (C=O) groups is 2. The molecule has 10 nitrogen and oxygen atoms in total. The predicted octanol–water partition coefficient (Wildman–Crippen LogP) is 7.82. The highest BCUT2D eigenvalue weighted by Crippen LogP contribution is 2.14. The number of hydrogen-bond donors (Lipinski definition) is 2. The summed E-state index contributed by atoms with van der Waals surface area (Å²) in [5.74, 6) is -1.39. The Labute approximate surface area is 282 Å². The SMILES string of the molecule is CCCCCCCCCCCCN(CCS(=O)(=O)O)C(=O)CCCCC(=O)N(CCCCCCCCCCCC)CCS(=O)(=O)O. The molecule has 46 heavy (non-hydrogen) atoms. The minimum absolute atomic E-state index is 0.0592. The van der Waals surface area contributed by atoms with E-state index >= 15 is 0 Å². The van der Waals surface area contributed by atoms with Crippen LogP contribution in [0, 0.1) is 0 Å². The fourth-order valence-electron chi connectivity index (χ4n) is 5.62. The summed E-state index contributed by atoms with van der Waals surface area (Å²) in [4.78, 5) is 28.8. The molecule has 0 spiro atoms. The first kappa shape index (κ1) is 44.8. The van der Waals surface area contributed by atoms with Gasteiger partial charge in [-0.2, -0.15) is 16.8 Å². The van der Waals surface area contributed by atoms with E-state index < -0.39 is 31.7 Å². The molecule has 0 heterocycles. The van der Waals surface area contributed by atoms with E-state index in [1.165, 1.54) is 86.8 Å². The van der Waals surface area contributed by atoms with Crippen molar-refractivity contribution in [2.45, 2.75) is 168 Å². The molecule has 12 heteroatoms. The molecule has 0 aliphatic rings. The highest BCUT2D eigenvalue weighted by atomic mass is 32.2. The van der Waals surface area contributed by atoms with Gasteiger partial charge in [-0.3, -0.25) is 18.7 Å². The maximum Gasteiger partial charge on any atom is 0.266 e. The molecule has 0 aliphatic heterocycles. The molecule has 0 aromatic rings. The predicted molar refractivity (Wildman–Crippen MR) is 188 cm³/mol. The van der Waals surface area contributed by atoms with Crippen molar-refractivity contribution in [1.82, 2.24) is 9.80 Å². The van der Waals surface area contributed by atoms with Gasteiger partial charge in [0.15, 0.2) is 0 Å². The molecule has 0 saturated carbocycles. The van der Waals surface area contributed by atoms with Crippen molar-refractivity contribution < 1.29 is 35.5 Å². The molecule has 0 atom stereocenters. The number of nitrogens with zero attached hydrogens (tertiary/aromatic N) is 2. The number of unbranched alkanes of at least 4 members (excludes halogenated alkanes) is 19. The van der Waals surface area contributed by atoms with Gasteiger partial charge in [0.05, 0.1) is 11.5 Å². The minimum atomic E-state index is -4.19. The van der Waals surface area contributed by atoms with Gasteiger partial charge in [-0.25, -0.2) is 0 Å². The molecule has 2 N–H and O–H groups in total. The molecule has 2 amide bonds. The summed E-state index contributed by atoms with van der Waals surface area (Å²) in [6.07, 6.45) is 24.2. The van der Waals surface area contributed by atoms with E-state index in [-0.39, 0.29) is 37.7 Å². The van der Waals surface area contributed by atoms with Crippen LogP contribution >= 0.6 is 0 Å². The van der Waals surface area contributed by atoms with Crippen molar-refractivity contribution in [1.29, 1.82) is 0 Å². The van der Waals surface area contributed by atoms with E-state index in [4.69, 9.17) is 0 Å². The lowest BCUT2D eigenvalue weighted by Crippen LogP contribution is -2.36. The Morgan fingerprint density at radius 3 is 0.935 bits per heavy atom. The second kappa shape index (κ2) is 28.7. The first-order chi connectivity index (χ1) is 21.9. The molecular formula is C34H68N2O8S2. The lowest BCUT2D eigenvalue weighted by molar-refractivity contribution is -0.133. The molecule has 0 unspecified atom stereocenters. The summed E-state index contributed by atoms with van der Waals surface area (Å²) in [5.41, 5.74) is 0. The Morgan fingerprint density at radius 1 is 0.413 bits per heavy atom. The standard InChI is InChI=1S/C34H68N2O8S2/c1-3-5-7-9-11-13-15-17-19-23-27-35(29-31-45(39,40)41)33(37)25-21-22-26-34(38)36(30-32-46(42,43)44)28-24-20-18-16-14-12-10-8-6-4-2/h3-32H2,1-2H3,(H,39,40,41)(H,42,43,44). The van der Waals surface area contributed by atoms with Gasteiger partial charge in [-0.15, -0.1) is 0 Å². The average molecular weight is 697 g/mol. The summed E-state index contributed by atoms with van der Waals surface area (Å²) in [7, 11) is -8.38. The molecule has 0 aliphatic carbocycles. The van der Waals surface area contributed by atoms with Crippen molar-refractivity contribution in [2.24, 2.45) is 0 Å². The zero-order valence-electron chi connectivity index (χ0n) is 29.3. The number of carbonyl (C=O) groups excluding carboxylic acids is 2. The van der Waals surface area contributed by atoms with Gasteiger partial charge >= 0.3 is 0 Å². The second-order valence-electron chi connectivity index (χ2n) is 12.9. The third-order valence-corrected chi connectivity index (χ3v) is 9.94. The van der Waals surface area contributed by atoms with Crippen molar-refractivity contribution in [3.05, 3.63) is 0 Å². The maximum absolute atomic E-state index is 12.9. The molecule has 0 fully saturated rings. The van der Waals surface area contributed by atoms with Gasteiger partial charge in [0.1, 0.15) is 0 Å². The average Bonchev–Trinajstić information content (AvgIpc) is 2.98. The molecule has 0 saturated heterocycles. The Hall–Kier alpha value is -1.24. The van der Waals surface area contributed by atoms with Gasteiger partial charge in [0.2, 0.25) is 11.8 Å². The summed E-state index contributed by atoms with van der Waals surface area (Å²) < 4.78 is 63.7. The summed E-state index contributed by atoms with van der Waals surface area (Å²) in [5, 5.41) is 0. The third-order valence-electron chi connectivity index (χ3n) is 8.54. The van der Waals surface area contributed by atoms with E-state index in [1.54, 1.807) is 0 Å². The number of rotatable bonds is 33. The highest BCUT2D eigenvalue weighted by Gasteiger charge is 2.19. The number of amides is 2. The van der Waals surface area contributed by atoms with Gasteiger partial charge in [-0.05, 0) is 25.7 Å². The molecule has 0 radical (unpaired) electrons. The van der Waals surface area contributed by atoms with Crippen LogP contribution in [0.3, 0.4) is 0 Å². The molecule has 0 rings (SSSR count). The van der Waals surface area contributed by atoms with Gasteiger partial charge < -0.3 is 9.80 Å². The van der Waals surface area contributed by atoms with Crippen LogP contribution in [0.2, 0.25) is 0 Å². The first-order valence-electron chi connectivity index (χ1n) is 18.4. The van der Waals surface area contributed by atoms with Gasteiger partial charge in [0.25, 0.3) is 20.2 Å². The normalized spacial score (nSPS) is 12.0. The largest absolute Gasteiger partial charge is 0.342 e. The lowest BCUT2D eigenvalue weighted by Gasteiger charge is -2.23.